The van der Waals surface area contributed by atoms with Gasteiger partial charge in [-0.15, -0.1) is 5.10 Å². The standard InChI is InChI=1S/C14H16ClN3/c1-11(17-14-3-2-10-16-18-14)4-5-12-6-8-13(15)9-7-12/h2-3,6-11H,4-5H2,1H3,(H,17,18). The van der Waals surface area contributed by atoms with Gasteiger partial charge < -0.3 is 5.32 Å². The normalized spacial score (nSPS) is 12.1. The lowest BCUT2D eigenvalue weighted by Gasteiger charge is -2.13. The van der Waals surface area contributed by atoms with Crippen LogP contribution < -0.4 is 5.32 Å². The predicted octanol–water partition coefficient (Wildman–Crippen LogP) is 3.56. The molecule has 94 valence electrons. The summed E-state index contributed by atoms with van der Waals surface area (Å²) in [5.74, 6) is 0.820. The van der Waals surface area contributed by atoms with Crippen molar-refractivity contribution >= 4 is 17.4 Å². The number of halogens is 1. The van der Waals surface area contributed by atoms with Crippen molar-refractivity contribution in [2.24, 2.45) is 0 Å². The van der Waals surface area contributed by atoms with E-state index in [9.17, 15) is 0 Å². The zero-order chi connectivity index (χ0) is 12.8. The number of benzene rings is 1. The summed E-state index contributed by atoms with van der Waals surface area (Å²) in [6, 6.07) is 12.1. The van der Waals surface area contributed by atoms with Crippen LogP contribution in [0.3, 0.4) is 0 Å². The highest BCUT2D eigenvalue weighted by molar-refractivity contribution is 6.30. The van der Waals surface area contributed by atoms with Crippen LogP contribution >= 0.6 is 11.6 Å². The first-order valence-electron chi connectivity index (χ1n) is 6.03. The van der Waals surface area contributed by atoms with Crippen molar-refractivity contribution in [1.29, 1.82) is 0 Å². The first-order valence-corrected chi connectivity index (χ1v) is 6.40. The summed E-state index contributed by atoms with van der Waals surface area (Å²) in [5.41, 5.74) is 1.30. The van der Waals surface area contributed by atoms with Gasteiger partial charge in [-0.1, -0.05) is 23.7 Å². The van der Waals surface area contributed by atoms with E-state index in [0.717, 1.165) is 23.7 Å². The molecular formula is C14H16ClN3. The quantitative estimate of drug-likeness (QED) is 0.894. The highest BCUT2D eigenvalue weighted by Crippen LogP contribution is 2.12. The summed E-state index contributed by atoms with van der Waals surface area (Å²) < 4.78 is 0. The summed E-state index contributed by atoms with van der Waals surface area (Å²) in [6.07, 6.45) is 3.73. The molecule has 0 aliphatic rings. The summed E-state index contributed by atoms with van der Waals surface area (Å²) in [6.45, 7) is 2.14. The lowest BCUT2D eigenvalue weighted by Crippen LogP contribution is -2.17. The van der Waals surface area contributed by atoms with Gasteiger partial charge >= 0.3 is 0 Å². The van der Waals surface area contributed by atoms with E-state index in [1.807, 2.05) is 24.3 Å². The molecule has 0 fully saturated rings. The Hall–Kier alpha value is -1.61. The van der Waals surface area contributed by atoms with Gasteiger partial charge in [0.1, 0.15) is 5.82 Å². The van der Waals surface area contributed by atoms with Crippen molar-refractivity contribution in [2.75, 3.05) is 5.32 Å². The van der Waals surface area contributed by atoms with Crippen molar-refractivity contribution in [2.45, 2.75) is 25.8 Å². The van der Waals surface area contributed by atoms with Crippen molar-refractivity contribution in [3.8, 4) is 0 Å². The van der Waals surface area contributed by atoms with Gasteiger partial charge in [0.15, 0.2) is 0 Å². The van der Waals surface area contributed by atoms with Gasteiger partial charge in [-0.05, 0) is 49.6 Å². The van der Waals surface area contributed by atoms with Gasteiger partial charge in [-0.25, -0.2) is 0 Å². The van der Waals surface area contributed by atoms with Gasteiger partial charge in [-0.3, -0.25) is 0 Å². The predicted molar refractivity (Wildman–Crippen MR) is 74.9 cm³/mol. The van der Waals surface area contributed by atoms with Crippen LogP contribution in [0, 0.1) is 0 Å². The molecule has 0 bridgehead atoms. The molecule has 0 saturated heterocycles. The van der Waals surface area contributed by atoms with Gasteiger partial charge in [0.2, 0.25) is 0 Å². The SMILES string of the molecule is CC(CCc1ccc(Cl)cc1)Nc1cccnn1. The Kier molecular flexibility index (Phi) is 4.53. The molecule has 1 aromatic carbocycles. The van der Waals surface area contributed by atoms with Crippen LogP contribution in [0.5, 0.6) is 0 Å². The smallest absolute Gasteiger partial charge is 0.148 e. The third-order valence-corrected chi connectivity index (χ3v) is 3.00. The molecule has 0 radical (unpaired) electrons. The lowest BCUT2D eigenvalue weighted by atomic mass is 10.1. The van der Waals surface area contributed by atoms with Crippen LogP contribution in [0.25, 0.3) is 0 Å². The van der Waals surface area contributed by atoms with Crippen LogP contribution in [0.1, 0.15) is 18.9 Å². The molecule has 1 aromatic heterocycles. The number of nitrogens with one attached hydrogen (secondary N) is 1. The summed E-state index contributed by atoms with van der Waals surface area (Å²) >= 11 is 5.85. The number of anilines is 1. The van der Waals surface area contributed by atoms with E-state index in [1.54, 1.807) is 6.20 Å². The van der Waals surface area contributed by atoms with Crippen molar-refractivity contribution < 1.29 is 0 Å². The topological polar surface area (TPSA) is 37.8 Å². The first kappa shape index (κ1) is 12.8. The van der Waals surface area contributed by atoms with Crippen molar-refractivity contribution in [3.63, 3.8) is 0 Å². The van der Waals surface area contributed by atoms with E-state index in [1.165, 1.54) is 5.56 Å². The molecule has 1 heterocycles. The minimum absolute atomic E-state index is 0.359. The second kappa shape index (κ2) is 6.36. The van der Waals surface area contributed by atoms with E-state index >= 15 is 0 Å². The second-order valence-electron chi connectivity index (χ2n) is 4.32. The molecule has 1 unspecified atom stereocenters. The highest BCUT2D eigenvalue weighted by Gasteiger charge is 2.03. The van der Waals surface area contributed by atoms with Crippen LogP contribution in [0.15, 0.2) is 42.6 Å². The van der Waals surface area contributed by atoms with E-state index in [2.05, 4.69) is 34.6 Å². The molecule has 1 atom stereocenters. The molecule has 0 aliphatic heterocycles. The lowest BCUT2D eigenvalue weighted by molar-refractivity contribution is 0.700. The van der Waals surface area contributed by atoms with Crippen molar-refractivity contribution in [3.05, 3.63) is 53.2 Å². The Balaban J connectivity index is 1.81. The average molecular weight is 262 g/mol. The molecular weight excluding hydrogens is 246 g/mol. The molecule has 2 rings (SSSR count). The van der Waals surface area contributed by atoms with E-state index in [4.69, 9.17) is 11.6 Å². The third kappa shape index (κ3) is 4.00. The minimum Gasteiger partial charge on any atom is -0.366 e. The first-order chi connectivity index (χ1) is 8.74. The Morgan fingerprint density at radius 3 is 2.67 bits per heavy atom. The molecule has 3 nitrogen and oxygen atoms in total. The summed E-state index contributed by atoms with van der Waals surface area (Å²) in [7, 11) is 0. The Morgan fingerprint density at radius 1 is 1.22 bits per heavy atom. The number of nitrogens with zero attached hydrogens (tertiary/aromatic N) is 2. The van der Waals surface area contributed by atoms with Gasteiger partial charge in [0, 0.05) is 17.3 Å². The number of hydrogen-bond donors (Lipinski definition) is 1. The number of hydrogen-bond acceptors (Lipinski definition) is 3. The summed E-state index contributed by atoms with van der Waals surface area (Å²) in [4.78, 5) is 0. The van der Waals surface area contributed by atoms with E-state index < -0.39 is 0 Å². The zero-order valence-electron chi connectivity index (χ0n) is 10.3. The molecule has 4 heteroatoms. The molecule has 2 aromatic rings. The largest absolute Gasteiger partial charge is 0.366 e. The fourth-order valence-corrected chi connectivity index (χ4v) is 1.86. The maximum absolute atomic E-state index is 5.85. The minimum atomic E-state index is 0.359. The maximum Gasteiger partial charge on any atom is 0.148 e. The Morgan fingerprint density at radius 2 is 2.00 bits per heavy atom. The molecule has 0 spiro atoms. The number of rotatable bonds is 5. The molecule has 0 amide bonds. The Bertz CT molecular complexity index is 470. The second-order valence-corrected chi connectivity index (χ2v) is 4.76. The van der Waals surface area contributed by atoms with E-state index in [-0.39, 0.29) is 0 Å². The van der Waals surface area contributed by atoms with Crippen LogP contribution in [-0.4, -0.2) is 16.2 Å². The van der Waals surface area contributed by atoms with E-state index in [0.29, 0.717) is 6.04 Å². The van der Waals surface area contributed by atoms with Crippen LogP contribution in [0.4, 0.5) is 5.82 Å². The molecule has 1 N–H and O–H groups in total. The van der Waals surface area contributed by atoms with Crippen LogP contribution in [-0.2, 0) is 6.42 Å². The third-order valence-electron chi connectivity index (χ3n) is 2.75. The highest BCUT2D eigenvalue weighted by atomic mass is 35.5. The van der Waals surface area contributed by atoms with Gasteiger partial charge in [0.25, 0.3) is 0 Å². The number of aryl methyl sites for hydroxylation is 1. The maximum atomic E-state index is 5.85. The molecule has 0 saturated carbocycles. The van der Waals surface area contributed by atoms with Gasteiger partial charge in [0.05, 0.1) is 0 Å². The average Bonchev–Trinajstić information content (AvgIpc) is 2.39. The zero-order valence-corrected chi connectivity index (χ0v) is 11.1. The molecule has 18 heavy (non-hydrogen) atoms. The Labute approximate surface area is 112 Å². The molecule has 0 aliphatic carbocycles. The fourth-order valence-electron chi connectivity index (χ4n) is 1.74. The van der Waals surface area contributed by atoms with Gasteiger partial charge in [-0.2, -0.15) is 5.10 Å². The summed E-state index contributed by atoms with van der Waals surface area (Å²) in [5, 5.41) is 12.0. The number of aromatic nitrogens is 2. The van der Waals surface area contributed by atoms with Crippen LogP contribution in [0.2, 0.25) is 5.02 Å². The monoisotopic (exact) mass is 261 g/mol. The van der Waals surface area contributed by atoms with Crippen molar-refractivity contribution in [1.82, 2.24) is 10.2 Å². The fraction of sp³-hybridized carbons (Fsp3) is 0.286.